The molecule has 2 rings (SSSR count). The lowest BCUT2D eigenvalue weighted by molar-refractivity contribution is 0.0701. The highest BCUT2D eigenvalue weighted by Crippen LogP contribution is 2.22. The van der Waals surface area contributed by atoms with E-state index in [-0.39, 0.29) is 0 Å². The van der Waals surface area contributed by atoms with Crippen LogP contribution in [0.25, 0.3) is 0 Å². The Labute approximate surface area is 116 Å². The second kappa shape index (κ2) is 5.84. The van der Waals surface area contributed by atoms with Crippen LogP contribution in [0.2, 0.25) is 0 Å². The molecule has 0 radical (unpaired) electrons. The number of thiazole rings is 1. The maximum Gasteiger partial charge on any atom is 0.347 e. The van der Waals surface area contributed by atoms with Crippen LogP contribution in [0.5, 0.6) is 0 Å². The minimum Gasteiger partial charge on any atom is -0.477 e. The molecule has 0 unspecified atom stereocenters. The largest absolute Gasteiger partial charge is 0.477 e. The zero-order valence-electron chi connectivity index (χ0n) is 10.9. The van der Waals surface area contributed by atoms with E-state index in [1.165, 1.54) is 16.9 Å². The van der Waals surface area contributed by atoms with Gasteiger partial charge in [-0.05, 0) is 24.5 Å². The molecule has 0 aliphatic carbocycles. The van der Waals surface area contributed by atoms with Gasteiger partial charge in [0.1, 0.15) is 4.88 Å². The molecule has 0 aliphatic rings. The predicted octanol–water partition coefficient (Wildman–Crippen LogP) is 3.32. The van der Waals surface area contributed by atoms with Crippen molar-refractivity contribution < 1.29 is 9.90 Å². The summed E-state index contributed by atoms with van der Waals surface area (Å²) in [5, 5.41) is 12.8. The number of aromatic carboxylic acids is 1. The van der Waals surface area contributed by atoms with E-state index in [4.69, 9.17) is 5.11 Å². The number of carboxylic acids is 1. The third-order valence-corrected chi connectivity index (χ3v) is 3.97. The standard InChI is InChI=1S/C14H16N2O2S/c1-3-10-4-6-11(7-5-10)8-15-14-16-9(2)12(19-14)13(17)18/h4-7H,3,8H2,1-2H3,(H,15,16)(H,17,18). The number of nitrogens with zero attached hydrogens (tertiary/aromatic N) is 1. The normalized spacial score (nSPS) is 10.4. The van der Waals surface area contributed by atoms with Crippen LogP contribution < -0.4 is 5.32 Å². The molecule has 1 aromatic heterocycles. The van der Waals surface area contributed by atoms with Gasteiger partial charge in [0.05, 0.1) is 5.69 Å². The number of hydrogen-bond acceptors (Lipinski definition) is 4. The van der Waals surface area contributed by atoms with Gasteiger partial charge in [-0.2, -0.15) is 0 Å². The van der Waals surface area contributed by atoms with E-state index in [9.17, 15) is 4.79 Å². The summed E-state index contributed by atoms with van der Waals surface area (Å²) in [7, 11) is 0. The summed E-state index contributed by atoms with van der Waals surface area (Å²) < 4.78 is 0. The van der Waals surface area contributed by atoms with Gasteiger partial charge < -0.3 is 10.4 Å². The van der Waals surface area contributed by atoms with Gasteiger partial charge in [-0.25, -0.2) is 9.78 Å². The summed E-state index contributed by atoms with van der Waals surface area (Å²) in [6, 6.07) is 8.36. The lowest BCUT2D eigenvalue weighted by Crippen LogP contribution is -1.98. The van der Waals surface area contributed by atoms with Crippen LogP contribution in [0.1, 0.15) is 33.4 Å². The van der Waals surface area contributed by atoms with E-state index in [2.05, 4.69) is 41.5 Å². The van der Waals surface area contributed by atoms with Crippen molar-refractivity contribution in [1.29, 1.82) is 0 Å². The first kappa shape index (κ1) is 13.5. The van der Waals surface area contributed by atoms with Crippen molar-refractivity contribution in [2.75, 3.05) is 5.32 Å². The molecule has 5 heteroatoms. The molecule has 100 valence electrons. The second-order valence-corrected chi connectivity index (χ2v) is 5.26. The Hall–Kier alpha value is -1.88. The van der Waals surface area contributed by atoms with Gasteiger partial charge in [-0.15, -0.1) is 0 Å². The fourth-order valence-corrected chi connectivity index (χ4v) is 2.54. The predicted molar refractivity (Wildman–Crippen MR) is 77.0 cm³/mol. The van der Waals surface area contributed by atoms with E-state index in [0.717, 1.165) is 12.0 Å². The molecule has 0 saturated carbocycles. The van der Waals surface area contributed by atoms with Crippen LogP contribution >= 0.6 is 11.3 Å². The van der Waals surface area contributed by atoms with Gasteiger partial charge >= 0.3 is 5.97 Å². The number of anilines is 1. The molecule has 0 saturated heterocycles. The number of aromatic nitrogens is 1. The second-order valence-electron chi connectivity index (χ2n) is 4.26. The SMILES string of the molecule is CCc1ccc(CNc2nc(C)c(C(=O)O)s2)cc1. The smallest absolute Gasteiger partial charge is 0.347 e. The van der Waals surface area contributed by atoms with Crippen molar-refractivity contribution in [1.82, 2.24) is 4.98 Å². The number of carboxylic acid groups (broad SMARTS) is 1. The van der Waals surface area contributed by atoms with Gasteiger partial charge in [-0.3, -0.25) is 0 Å². The Morgan fingerprint density at radius 2 is 1.95 bits per heavy atom. The molecule has 0 atom stereocenters. The molecule has 4 nitrogen and oxygen atoms in total. The number of nitrogens with one attached hydrogen (secondary N) is 1. The Bertz CT molecular complexity index is 576. The highest BCUT2D eigenvalue weighted by Gasteiger charge is 2.13. The van der Waals surface area contributed by atoms with Crippen molar-refractivity contribution in [3.8, 4) is 0 Å². The van der Waals surface area contributed by atoms with Crippen molar-refractivity contribution in [2.24, 2.45) is 0 Å². The first-order valence-electron chi connectivity index (χ1n) is 6.12. The third-order valence-electron chi connectivity index (χ3n) is 2.87. The Kier molecular flexibility index (Phi) is 4.16. The summed E-state index contributed by atoms with van der Waals surface area (Å²) in [6.07, 6.45) is 1.03. The van der Waals surface area contributed by atoms with E-state index in [0.29, 0.717) is 22.2 Å². The van der Waals surface area contributed by atoms with E-state index in [1.807, 2.05) is 0 Å². The van der Waals surface area contributed by atoms with Crippen LogP contribution in [0.3, 0.4) is 0 Å². The molecule has 2 N–H and O–H groups in total. The molecule has 0 amide bonds. The highest BCUT2D eigenvalue weighted by atomic mass is 32.1. The molecule has 19 heavy (non-hydrogen) atoms. The van der Waals surface area contributed by atoms with Crippen molar-refractivity contribution in [2.45, 2.75) is 26.8 Å². The monoisotopic (exact) mass is 276 g/mol. The summed E-state index contributed by atoms with van der Waals surface area (Å²) in [4.78, 5) is 15.4. The van der Waals surface area contributed by atoms with Gasteiger partial charge in [0.25, 0.3) is 0 Å². The fraction of sp³-hybridized carbons (Fsp3) is 0.286. The first-order chi connectivity index (χ1) is 9.10. The Morgan fingerprint density at radius 1 is 1.32 bits per heavy atom. The van der Waals surface area contributed by atoms with E-state index in [1.54, 1.807) is 6.92 Å². The van der Waals surface area contributed by atoms with Crippen molar-refractivity contribution in [3.05, 3.63) is 46.0 Å². The molecule has 2 aromatic rings. The Morgan fingerprint density at radius 3 is 2.47 bits per heavy atom. The van der Waals surface area contributed by atoms with Gasteiger partial charge in [0.2, 0.25) is 0 Å². The topological polar surface area (TPSA) is 62.2 Å². The van der Waals surface area contributed by atoms with E-state index < -0.39 is 5.97 Å². The zero-order valence-corrected chi connectivity index (χ0v) is 11.8. The van der Waals surface area contributed by atoms with Crippen LogP contribution in [0.4, 0.5) is 5.13 Å². The van der Waals surface area contributed by atoms with Gasteiger partial charge in [0.15, 0.2) is 5.13 Å². The number of benzene rings is 1. The Balaban J connectivity index is 2.01. The van der Waals surface area contributed by atoms with Gasteiger partial charge in [-0.1, -0.05) is 42.5 Å². The molecule has 1 aromatic carbocycles. The third kappa shape index (κ3) is 3.32. The average Bonchev–Trinajstić information content (AvgIpc) is 2.78. The van der Waals surface area contributed by atoms with Crippen LogP contribution in [-0.4, -0.2) is 16.1 Å². The zero-order chi connectivity index (χ0) is 13.8. The summed E-state index contributed by atoms with van der Waals surface area (Å²) in [5.74, 6) is -0.921. The lowest BCUT2D eigenvalue weighted by Gasteiger charge is -2.03. The number of rotatable bonds is 5. The summed E-state index contributed by atoms with van der Waals surface area (Å²) in [6.45, 7) is 4.48. The molecule has 0 bridgehead atoms. The summed E-state index contributed by atoms with van der Waals surface area (Å²) >= 11 is 1.17. The highest BCUT2D eigenvalue weighted by molar-refractivity contribution is 7.17. The molecule has 1 heterocycles. The fourth-order valence-electron chi connectivity index (χ4n) is 1.74. The van der Waals surface area contributed by atoms with Crippen LogP contribution in [-0.2, 0) is 13.0 Å². The maximum absolute atomic E-state index is 10.9. The van der Waals surface area contributed by atoms with Gasteiger partial charge in [0, 0.05) is 6.54 Å². The van der Waals surface area contributed by atoms with Crippen LogP contribution in [0.15, 0.2) is 24.3 Å². The van der Waals surface area contributed by atoms with Crippen molar-refractivity contribution in [3.63, 3.8) is 0 Å². The molecule has 0 spiro atoms. The summed E-state index contributed by atoms with van der Waals surface area (Å²) in [5.41, 5.74) is 3.02. The quantitative estimate of drug-likeness (QED) is 0.879. The minimum atomic E-state index is -0.921. The molecule has 0 aliphatic heterocycles. The number of carbonyl (C=O) groups is 1. The lowest BCUT2D eigenvalue weighted by atomic mass is 10.1. The minimum absolute atomic E-state index is 0.295. The van der Waals surface area contributed by atoms with E-state index >= 15 is 0 Å². The molecular formula is C14H16N2O2S. The van der Waals surface area contributed by atoms with Crippen LogP contribution in [0, 0.1) is 6.92 Å². The average molecular weight is 276 g/mol. The molecule has 0 fully saturated rings. The maximum atomic E-state index is 10.9. The first-order valence-corrected chi connectivity index (χ1v) is 6.94. The number of aryl methyl sites for hydroxylation is 2. The number of hydrogen-bond donors (Lipinski definition) is 2. The van der Waals surface area contributed by atoms with Crippen molar-refractivity contribution >= 4 is 22.4 Å². The molecular weight excluding hydrogens is 260 g/mol.